The highest BCUT2D eigenvalue weighted by atomic mass is 32.2. The van der Waals surface area contributed by atoms with Gasteiger partial charge < -0.3 is 10.0 Å². The first-order valence-corrected chi connectivity index (χ1v) is 6.93. The minimum atomic E-state index is -0.944. The van der Waals surface area contributed by atoms with E-state index in [0.29, 0.717) is 5.25 Å². The molecule has 18 heavy (non-hydrogen) atoms. The minimum Gasteiger partial charge on any atom is -0.478 e. The van der Waals surface area contributed by atoms with Gasteiger partial charge in [0, 0.05) is 36.4 Å². The van der Waals surface area contributed by atoms with Crippen LogP contribution in [0, 0.1) is 0 Å². The Bertz CT molecular complexity index is 445. The van der Waals surface area contributed by atoms with E-state index in [-0.39, 0.29) is 0 Å². The van der Waals surface area contributed by atoms with Gasteiger partial charge in [0.1, 0.15) is 5.82 Å². The quantitative estimate of drug-likeness (QED) is 0.847. The Balaban J connectivity index is 2.05. The molecule has 1 aromatic heterocycles. The molecule has 1 N–H and O–H groups in total. The zero-order chi connectivity index (χ0) is 13.0. The number of nitrogens with zero attached hydrogens (tertiary/aromatic N) is 2. The molecule has 0 amide bonds. The molecule has 96 valence electrons. The van der Waals surface area contributed by atoms with Crippen molar-refractivity contribution in [1.82, 2.24) is 4.98 Å². The first-order chi connectivity index (χ1) is 8.65. The van der Waals surface area contributed by atoms with E-state index in [0.717, 1.165) is 36.3 Å². The summed E-state index contributed by atoms with van der Waals surface area (Å²) in [6.07, 6.45) is 4.38. The number of aliphatic carboxylic acids is 1. The average molecular weight is 264 g/mol. The maximum absolute atomic E-state index is 10.4. The summed E-state index contributed by atoms with van der Waals surface area (Å²) in [6.45, 7) is 4.26. The second-order valence-corrected chi connectivity index (χ2v) is 5.80. The summed E-state index contributed by atoms with van der Waals surface area (Å²) in [7, 11) is 0. The Hall–Kier alpha value is -1.49. The van der Waals surface area contributed by atoms with E-state index in [1.54, 1.807) is 12.3 Å². The Morgan fingerprint density at radius 2 is 2.44 bits per heavy atom. The molecule has 1 saturated heterocycles. The van der Waals surface area contributed by atoms with E-state index in [1.165, 1.54) is 0 Å². The van der Waals surface area contributed by atoms with E-state index in [2.05, 4.69) is 16.8 Å². The molecule has 0 saturated carbocycles. The molecule has 1 fully saturated rings. The Morgan fingerprint density at radius 1 is 1.61 bits per heavy atom. The number of thioether (sulfide) groups is 1. The third kappa shape index (κ3) is 3.50. The van der Waals surface area contributed by atoms with Gasteiger partial charge in [0.2, 0.25) is 0 Å². The van der Waals surface area contributed by atoms with Gasteiger partial charge in [-0.05, 0) is 23.8 Å². The van der Waals surface area contributed by atoms with Crippen LogP contribution in [0.1, 0.15) is 12.5 Å². The molecule has 1 atom stereocenters. The van der Waals surface area contributed by atoms with Crippen LogP contribution in [-0.4, -0.2) is 40.2 Å². The van der Waals surface area contributed by atoms with Gasteiger partial charge >= 0.3 is 5.97 Å². The van der Waals surface area contributed by atoms with E-state index >= 15 is 0 Å². The molecule has 2 rings (SSSR count). The third-order valence-corrected chi connectivity index (χ3v) is 3.89. The first kappa shape index (κ1) is 13.0. The van der Waals surface area contributed by atoms with Crippen molar-refractivity contribution in [2.45, 2.75) is 12.2 Å². The summed E-state index contributed by atoms with van der Waals surface area (Å²) in [5.41, 5.74) is 0.806. The lowest BCUT2D eigenvalue weighted by atomic mass is 10.2. The summed E-state index contributed by atoms with van der Waals surface area (Å²) >= 11 is 1.99. The molecule has 4 nitrogen and oxygen atoms in total. The normalized spacial score (nSPS) is 20.3. The highest BCUT2D eigenvalue weighted by Gasteiger charge is 2.17. The van der Waals surface area contributed by atoms with Crippen molar-refractivity contribution in [3.8, 4) is 0 Å². The standard InChI is InChI=1S/C13H16N2O2S/c1-10-9-15(6-7-18-10)12-4-2-11(8-14-12)3-5-13(16)17/h2-5,8,10H,6-7,9H2,1H3,(H,16,17)/b5-3+. The molecule has 1 aromatic rings. The second-order valence-electron chi connectivity index (χ2n) is 4.25. The lowest BCUT2D eigenvalue weighted by Gasteiger charge is -2.31. The number of carboxylic acid groups (broad SMARTS) is 1. The molecule has 2 heterocycles. The maximum Gasteiger partial charge on any atom is 0.328 e. The Morgan fingerprint density at radius 3 is 3.06 bits per heavy atom. The van der Waals surface area contributed by atoms with E-state index in [9.17, 15) is 4.79 Å². The molecule has 1 unspecified atom stereocenters. The van der Waals surface area contributed by atoms with Gasteiger partial charge in [0.15, 0.2) is 0 Å². The van der Waals surface area contributed by atoms with E-state index in [4.69, 9.17) is 5.11 Å². The van der Waals surface area contributed by atoms with Crippen LogP contribution in [0.15, 0.2) is 24.4 Å². The number of hydrogen-bond acceptors (Lipinski definition) is 4. The van der Waals surface area contributed by atoms with Crippen molar-refractivity contribution in [3.05, 3.63) is 30.0 Å². The molecule has 0 aliphatic carbocycles. The molecular weight excluding hydrogens is 248 g/mol. The predicted octanol–water partition coefficient (Wildman–Crippen LogP) is 2.12. The molecule has 1 aliphatic heterocycles. The van der Waals surface area contributed by atoms with Crippen LogP contribution in [0.2, 0.25) is 0 Å². The van der Waals surface area contributed by atoms with Crippen molar-refractivity contribution in [2.24, 2.45) is 0 Å². The van der Waals surface area contributed by atoms with Crippen LogP contribution in [0.3, 0.4) is 0 Å². The Labute approximate surface area is 111 Å². The third-order valence-electron chi connectivity index (χ3n) is 2.75. The summed E-state index contributed by atoms with van der Waals surface area (Å²) in [5, 5.41) is 9.18. The van der Waals surface area contributed by atoms with Crippen LogP contribution >= 0.6 is 11.8 Å². The van der Waals surface area contributed by atoms with Crippen molar-refractivity contribution < 1.29 is 9.90 Å². The van der Waals surface area contributed by atoms with Gasteiger partial charge in [0.25, 0.3) is 0 Å². The summed E-state index contributed by atoms with van der Waals surface area (Å²) in [4.78, 5) is 17.1. The Kier molecular flexibility index (Phi) is 4.25. The fraction of sp³-hybridized carbons (Fsp3) is 0.385. The highest BCUT2D eigenvalue weighted by Crippen LogP contribution is 2.22. The maximum atomic E-state index is 10.4. The van der Waals surface area contributed by atoms with Crippen LogP contribution in [0.25, 0.3) is 6.08 Å². The minimum absolute atomic E-state index is 0.632. The molecule has 0 aromatic carbocycles. The van der Waals surface area contributed by atoms with Crippen molar-refractivity contribution in [1.29, 1.82) is 0 Å². The lowest BCUT2D eigenvalue weighted by molar-refractivity contribution is -0.131. The fourth-order valence-corrected chi connectivity index (χ4v) is 2.89. The van der Waals surface area contributed by atoms with Gasteiger partial charge in [-0.15, -0.1) is 0 Å². The second kappa shape index (κ2) is 5.91. The predicted molar refractivity (Wildman–Crippen MR) is 75.0 cm³/mol. The molecule has 0 spiro atoms. The van der Waals surface area contributed by atoms with Gasteiger partial charge in [0.05, 0.1) is 0 Å². The SMILES string of the molecule is CC1CN(c2ccc(/C=C/C(=O)O)cn2)CCS1. The number of carboxylic acids is 1. The molecule has 1 aliphatic rings. The first-order valence-electron chi connectivity index (χ1n) is 5.89. The van der Waals surface area contributed by atoms with Crippen LogP contribution in [-0.2, 0) is 4.79 Å². The zero-order valence-electron chi connectivity index (χ0n) is 10.2. The molecule has 0 radical (unpaired) electrons. The summed E-state index contributed by atoms with van der Waals surface area (Å²) < 4.78 is 0. The van der Waals surface area contributed by atoms with Crippen LogP contribution < -0.4 is 4.90 Å². The smallest absolute Gasteiger partial charge is 0.328 e. The highest BCUT2D eigenvalue weighted by molar-refractivity contribution is 8.00. The van der Waals surface area contributed by atoms with Gasteiger partial charge in [-0.2, -0.15) is 11.8 Å². The number of anilines is 1. The van der Waals surface area contributed by atoms with Gasteiger partial charge in [-0.1, -0.05) is 6.92 Å². The monoisotopic (exact) mass is 264 g/mol. The number of pyridine rings is 1. The van der Waals surface area contributed by atoms with Crippen LogP contribution in [0.4, 0.5) is 5.82 Å². The summed E-state index contributed by atoms with van der Waals surface area (Å²) in [5.74, 6) is 1.15. The molecular formula is C13H16N2O2S. The van der Waals surface area contributed by atoms with Crippen molar-refractivity contribution in [3.63, 3.8) is 0 Å². The average Bonchev–Trinajstić information content (AvgIpc) is 2.37. The van der Waals surface area contributed by atoms with E-state index < -0.39 is 5.97 Å². The van der Waals surface area contributed by atoms with E-state index in [1.807, 2.05) is 23.9 Å². The number of carbonyl (C=O) groups is 1. The number of hydrogen-bond donors (Lipinski definition) is 1. The zero-order valence-corrected chi connectivity index (χ0v) is 11.1. The lowest BCUT2D eigenvalue weighted by Crippen LogP contribution is -2.37. The van der Waals surface area contributed by atoms with Crippen LogP contribution in [0.5, 0.6) is 0 Å². The van der Waals surface area contributed by atoms with Crippen molar-refractivity contribution >= 4 is 29.6 Å². The number of aromatic nitrogens is 1. The fourth-order valence-electron chi connectivity index (χ4n) is 1.88. The molecule has 5 heteroatoms. The summed E-state index contributed by atoms with van der Waals surface area (Å²) in [6, 6.07) is 3.85. The van der Waals surface area contributed by atoms with Gasteiger partial charge in [-0.25, -0.2) is 9.78 Å². The topological polar surface area (TPSA) is 53.4 Å². The largest absolute Gasteiger partial charge is 0.478 e. The molecule has 0 bridgehead atoms. The number of rotatable bonds is 3. The van der Waals surface area contributed by atoms with Crippen molar-refractivity contribution in [2.75, 3.05) is 23.7 Å². The van der Waals surface area contributed by atoms with Gasteiger partial charge in [-0.3, -0.25) is 0 Å².